The Hall–Kier alpha value is -3.18. The number of likely N-dealkylation sites (tertiary alicyclic amines) is 1. The van der Waals surface area contributed by atoms with Crippen LogP contribution in [0.15, 0.2) is 73.1 Å². The molecule has 1 N–H and O–H groups in total. The smallest absolute Gasteiger partial charge is 0.227 e. The standard InChI is InChI=1S/C27H31N3O2/c1-28-26(31)27(17-22-7-3-4-9-25(22)23-8-5-15-29-18-23)14-6-16-30(20-27)19-21-10-12-24(32-2)13-11-21/h3-5,7-13,15,18H,6,14,16-17,19-20H2,1-2H3,(H,28,31). The van der Waals surface area contributed by atoms with Gasteiger partial charge in [-0.25, -0.2) is 0 Å². The maximum absolute atomic E-state index is 13.3. The summed E-state index contributed by atoms with van der Waals surface area (Å²) in [7, 11) is 3.43. The minimum absolute atomic E-state index is 0.123. The van der Waals surface area contributed by atoms with Gasteiger partial charge < -0.3 is 10.1 Å². The third-order valence-electron chi connectivity index (χ3n) is 6.45. The van der Waals surface area contributed by atoms with Gasteiger partial charge in [-0.15, -0.1) is 0 Å². The lowest BCUT2D eigenvalue weighted by atomic mass is 9.73. The summed E-state index contributed by atoms with van der Waals surface area (Å²) in [5.41, 5.74) is 4.19. The molecule has 2 heterocycles. The SMILES string of the molecule is CNC(=O)C1(Cc2ccccc2-c2cccnc2)CCCN(Cc2ccc(OC)cc2)C1. The Balaban J connectivity index is 1.60. The minimum atomic E-state index is -0.461. The molecule has 4 rings (SSSR count). The van der Waals surface area contributed by atoms with Gasteiger partial charge in [0.25, 0.3) is 0 Å². The molecule has 1 aliphatic heterocycles. The number of ether oxygens (including phenoxy) is 1. The van der Waals surface area contributed by atoms with E-state index < -0.39 is 5.41 Å². The van der Waals surface area contributed by atoms with Crippen molar-refractivity contribution in [3.8, 4) is 16.9 Å². The fraction of sp³-hybridized carbons (Fsp3) is 0.333. The third-order valence-corrected chi connectivity index (χ3v) is 6.45. The summed E-state index contributed by atoms with van der Waals surface area (Å²) in [5, 5.41) is 2.96. The molecule has 0 spiro atoms. The van der Waals surface area contributed by atoms with Crippen molar-refractivity contribution in [2.45, 2.75) is 25.8 Å². The normalized spacial score (nSPS) is 18.8. The summed E-state index contributed by atoms with van der Waals surface area (Å²) in [6.07, 6.45) is 6.27. The highest BCUT2D eigenvalue weighted by molar-refractivity contribution is 5.83. The first-order chi connectivity index (χ1) is 15.6. The molecular weight excluding hydrogens is 398 g/mol. The fourth-order valence-electron chi connectivity index (χ4n) is 4.87. The Kier molecular flexibility index (Phi) is 6.86. The van der Waals surface area contributed by atoms with Crippen molar-refractivity contribution in [2.75, 3.05) is 27.2 Å². The van der Waals surface area contributed by atoms with Gasteiger partial charge in [-0.2, -0.15) is 0 Å². The molecule has 1 unspecified atom stereocenters. The number of nitrogens with zero attached hydrogens (tertiary/aromatic N) is 2. The van der Waals surface area contributed by atoms with E-state index >= 15 is 0 Å². The molecule has 3 aromatic rings. The number of amides is 1. The molecule has 1 atom stereocenters. The van der Waals surface area contributed by atoms with Crippen LogP contribution in [0.3, 0.4) is 0 Å². The molecule has 0 radical (unpaired) electrons. The van der Waals surface area contributed by atoms with Gasteiger partial charge in [0.15, 0.2) is 0 Å². The van der Waals surface area contributed by atoms with Crippen molar-refractivity contribution < 1.29 is 9.53 Å². The number of benzene rings is 2. The van der Waals surface area contributed by atoms with Gasteiger partial charge >= 0.3 is 0 Å². The largest absolute Gasteiger partial charge is 0.497 e. The van der Waals surface area contributed by atoms with Crippen LogP contribution in [0.1, 0.15) is 24.0 Å². The molecule has 5 nitrogen and oxygen atoms in total. The van der Waals surface area contributed by atoms with Crippen LogP contribution in [-0.4, -0.2) is 43.0 Å². The predicted molar refractivity (Wildman–Crippen MR) is 127 cm³/mol. The summed E-state index contributed by atoms with van der Waals surface area (Å²) < 4.78 is 5.28. The lowest BCUT2D eigenvalue weighted by Gasteiger charge is -2.42. The van der Waals surface area contributed by atoms with Gasteiger partial charge in [-0.1, -0.05) is 42.5 Å². The van der Waals surface area contributed by atoms with Crippen LogP contribution in [0, 0.1) is 5.41 Å². The Morgan fingerprint density at radius 3 is 2.66 bits per heavy atom. The molecular formula is C27H31N3O2. The van der Waals surface area contributed by atoms with Crippen LogP contribution in [0.2, 0.25) is 0 Å². The van der Waals surface area contributed by atoms with Gasteiger partial charge in [0.2, 0.25) is 5.91 Å². The molecule has 1 fully saturated rings. The van der Waals surface area contributed by atoms with Crippen LogP contribution in [0.5, 0.6) is 5.75 Å². The van der Waals surface area contributed by atoms with Gasteiger partial charge in [0.1, 0.15) is 5.75 Å². The van der Waals surface area contributed by atoms with Crippen molar-refractivity contribution in [3.05, 3.63) is 84.2 Å². The van der Waals surface area contributed by atoms with E-state index in [2.05, 4.69) is 57.7 Å². The molecule has 5 heteroatoms. The molecule has 1 aliphatic rings. The van der Waals surface area contributed by atoms with E-state index in [0.29, 0.717) is 6.42 Å². The second kappa shape index (κ2) is 9.96. The van der Waals surface area contributed by atoms with E-state index in [0.717, 1.165) is 49.4 Å². The molecule has 1 aromatic heterocycles. The fourth-order valence-corrected chi connectivity index (χ4v) is 4.87. The van der Waals surface area contributed by atoms with Gasteiger partial charge in [0.05, 0.1) is 12.5 Å². The maximum atomic E-state index is 13.3. The van der Waals surface area contributed by atoms with E-state index in [1.54, 1.807) is 20.4 Å². The highest BCUT2D eigenvalue weighted by atomic mass is 16.5. The highest BCUT2D eigenvalue weighted by Crippen LogP contribution is 2.37. The van der Waals surface area contributed by atoms with E-state index in [-0.39, 0.29) is 5.91 Å². The Morgan fingerprint density at radius 1 is 1.12 bits per heavy atom. The number of carbonyl (C=O) groups is 1. The number of methoxy groups -OCH3 is 1. The van der Waals surface area contributed by atoms with Crippen molar-refractivity contribution >= 4 is 5.91 Å². The van der Waals surface area contributed by atoms with Crippen LogP contribution in [0.25, 0.3) is 11.1 Å². The number of aromatic nitrogens is 1. The van der Waals surface area contributed by atoms with Crippen molar-refractivity contribution in [3.63, 3.8) is 0 Å². The van der Waals surface area contributed by atoms with Crippen molar-refractivity contribution in [2.24, 2.45) is 5.41 Å². The lowest BCUT2D eigenvalue weighted by molar-refractivity contribution is -0.134. The van der Waals surface area contributed by atoms with Crippen LogP contribution >= 0.6 is 0 Å². The van der Waals surface area contributed by atoms with E-state index in [1.807, 2.05) is 24.4 Å². The summed E-state index contributed by atoms with van der Waals surface area (Å²) in [6.45, 7) is 2.56. The second-order valence-electron chi connectivity index (χ2n) is 8.60. The zero-order valence-electron chi connectivity index (χ0n) is 18.9. The first-order valence-corrected chi connectivity index (χ1v) is 11.2. The number of hydrogen-bond acceptors (Lipinski definition) is 4. The van der Waals surface area contributed by atoms with E-state index in [4.69, 9.17) is 4.74 Å². The summed E-state index contributed by atoms with van der Waals surface area (Å²) in [6, 6.07) is 20.6. The zero-order valence-corrected chi connectivity index (χ0v) is 18.9. The minimum Gasteiger partial charge on any atom is -0.497 e. The molecule has 0 aliphatic carbocycles. The highest BCUT2D eigenvalue weighted by Gasteiger charge is 2.42. The number of nitrogens with one attached hydrogen (secondary N) is 1. The summed E-state index contributed by atoms with van der Waals surface area (Å²) in [4.78, 5) is 20.0. The van der Waals surface area contributed by atoms with Gasteiger partial charge in [-0.3, -0.25) is 14.7 Å². The predicted octanol–water partition coefficient (Wildman–Crippen LogP) is 4.33. The summed E-state index contributed by atoms with van der Waals surface area (Å²) in [5.74, 6) is 0.983. The van der Waals surface area contributed by atoms with Crippen LogP contribution < -0.4 is 10.1 Å². The number of piperidine rings is 1. The Bertz CT molecular complexity index is 1040. The van der Waals surface area contributed by atoms with Crippen molar-refractivity contribution in [1.82, 2.24) is 15.2 Å². The number of hydrogen-bond donors (Lipinski definition) is 1. The monoisotopic (exact) mass is 429 g/mol. The van der Waals surface area contributed by atoms with Crippen molar-refractivity contribution in [1.29, 1.82) is 0 Å². The second-order valence-corrected chi connectivity index (χ2v) is 8.60. The molecule has 1 saturated heterocycles. The topological polar surface area (TPSA) is 54.5 Å². The average molecular weight is 430 g/mol. The van der Waals surface area contributed by atoms with E-state index in [9.17, 15) is 4.79 Å². The number of pyridine rings is 1. The first kappa shape index (κ1) is 22.0. The first-order valence-electron chi connectivity index (χ1n) is 11.2. The average Bonchev–Trinajstić information content (AvgIpc) is 2.85. The Labute approximate surface area is 190 Å². The maximum Gasteiger partial charge on any atom is 0.227 e. The molecule has 2 aromatic carbocycles. The van der Waals surface area contributed by atoms with Crippen LogP contribution in [-0.2, 0) is 17.8 Å². The third kappa shape index (κ3) is 4.83. The lowest BCUT2D eigenvalue weighted by Crippen LogP contribution is -2.52. The molecule has 166 valence electrons. The number of rotatable bonds is 7. The van der Waals surface area contributed by atoms with E-state index in [1.165, 1.54) is 11.1 Å². The van der Waals surface area contributed by atoms with Gasteiger partial charge in [0, 0.05) is 38.1 Å². The zero-order chi connectivity index (χ0) is 22.4. The number of carbonyl (C=O) groups excluding carboxylic acids is 1. The quantitative estimate of drug-likeness (QED) is 0.607. The molecule has 32 heavy (non-hydrogen) atoms. The molecule has 1 amide bonds. The molecule has 0 saturated carbocycles. The Morgan fingerprint density at radius 2 is 1.94 bits per heavy atom. The molecule has 0 bridgehead atoms. The van der Waals surface area contributed by atoms with Crippen LogP contribution in [0.4, 0.5) is 0 Å². The summed E-state index contributed by atoms with van der Waals surface area (Å²) >= 11 is 0. The van der Waals surface area contributed by atoms with Gasteiger partial charge in [-0.05, 0) is 60.7 Å².